The quantitative estimate of drug-likeness (QED) is 0.772. The molecule has 1 aliphatic carbocycles. The molecule has 1 aliphatic rings. The molecular weight excluding hydrogens is 350 g/mol. The molecule has 1 N–H and O–H groups in total. The van der Waals surface area contributed by atoms with E-state index in [1.807, 2.05) is 12.1 Å². The smallest absolute Gasteiger partial charge is 0.156 e. The van der Waals surface area contributed by atoms with E-state index in [1.54, 1.807) is 7.11 Å². The van der Waals surface area contributed by atoms with Gasteiger partial charge in [0.05, 0.1) is 23.3 Å². The van der Waals surface area contributed by atoms with Crippen molar-refractivity contribution in [1.29, 1.82) is 0 Å². The van der Waals surface area contributed by atoms with Crippen LogP contribution in [0.4, 0.5) is 5.69 Å². The minimum Gasteiger partial charge on any atom is -0.493 e. The van der Waals surface area contributed by atoms with Crippen LogP contribution in [0, 0.1) is 6.92 Å². The van der Waals surface area contributed by atoms with Crippen LogP contribution < -0.4 is 10.1 Å². The Bertz CT molecular complexity index is 687. The predicted octanol–water partition coefficient (Wildman–Crippen LogP) is 5.52. The van der Waals surface area contributed by atoms with Gasteiger partial charge in [0.1, 0.15) is 0 Å². The third-order valence-electron chi connectivity index (χ3n) is 3.92. The summed E-state index contributed by atoms with van der Waals surface area (Å²) in [7, 11) is 1.67. The van der Waals surface area contributed by atoms with Crippen molar-refractivity contribution in [3.63, 3.8) is 0 Å². The van der Waals surface area contributed by atoms with Gasteiger partial charge in [0, 0.05) is 5.02 Å². The zero-order chi connectivity index (χ0) is 15.0. The van der Waals surface area contributed by atoms with Gasteiger partial charge in [-0.05, 0) is 59.0 Å². The van der Waals surface area contributed by atoms with Gasteiger partial charge in [0.15, 0.2) is 5.75 Å². The highest BCUT2D eigenvalue weighted by atomic mass is 79.9. The molecule has 0 heterocycles. The van der Waals surface area contributed by atoms with Crippen molar-refractivity contribution in [2.24, 2.45) is 0 Å². The van der Waals surface area contributed by atoms with Gasteiger partial charge in [-0.3, -0.25) is 0 Å². The molecule has 0 aliphatic heterocycles. The molecule has 0 spiro atoms. The van der Waals surface area contributed by atoms with Gasteiger partial charge in [-0.25, -0.2) is 0 Å². The number of rotatable bonds is 3. The number of benzene rings is 2. The average Bonchev–Trinajstić information content (AvgIpc) is 2.81. The van der Waals surface area contributed by atoms with Crippen LogP contribution in [0.2, 0.25) is 5.02 Å². The van der Waals surface area contributed by atoms with Gasteiger partial charge in [0.25, 0.3) is 0 Å². The van der Waals surface area contributed by atoms with Crippen LogP contribution in [0.15, 0.2) is 34.8 Å². The lowest BCUT2D eigenvalue weighted by Gasteiger charge is -2.19. The van der Waals surface area contributed by atoms with Crippen LogP contribution in [0.5, 0.6) is 5.75 Å². The second kappa shape index (κ2) is 5.90. The van der Waals surface area contributed by atoms with Crippen LogP contribution in [0.25, 0.3) is 0 Å². The Kier molecular flexibility index (Phi) is 4.14. The van der Waals surface area contributed by atoms with E-state index in [0.717, 1.165) is 28.8 Å². The molecule has 1 unspecified atom stereocenters. The first-order chi connectivity index (χ1) is 10.1. The van der Waals surface area contributed by atoms with Crippen molar-refractivity contribution in [3.8, 4) is 5.75 Å². The molecule has 0 saturated carbocycles. The summed E-state index contributed by atoms with van der Waals surface area (Å²) in [5.74, 6) is 0.792. The van der Waals surface area contributed by atoms with Crippen molar-refractivity contribution >= 4 is 33.2 Å². The third kappa shape index (κ3) is 2.90. The van der Waals surface area contributed by atoms with E-state index >= 15 is 0 Å². The van der Waals surface area contributed by atoms with Crippen molar-refractivity contribution in [2.75, 3.05) is 12.4 Å². The van der Waals surface area contributed by atoms with E-state index in [0.29, 0.717) is 11.1 Å². The van der Waals surface area contributed by atoms with Crippen molar-refractivity contribution in [3.05, 3.63) is 56.5 Å². The fourth-order valence-electron chi connectivity index (χ4n) is 2.93. The molecule has 2 aromatic carbocycles. The summed E-state index contributed by atoms with van der Waals surface area (Å²) in [6.07, 6.45) is 2.20. The Morgan fingerprint density at radius 2 is 2.10 bits per heavy atom. The first-order valence-electron chi connectivity index (χ1n) is 6.97. The number of fused-ring (bicyclic) bond motifs is 1. The van der Waals surface area contributed by atoms with Gasteiger partial charge in [0.2, 0.25) is 0 Å². The number of hydrogen-bond acceptors (Lipinski definition) is 2. The summed E-state index contributed by atoms with van der Waals surface area (Å²) in [5.41, 5.74) is 5.03. The highest BCUT2D eigenvalue weighted by Gasteiger charge is 2.23. The molecular formula is C17H17BrClNO. The Labute approximate surface area is 138 Å². The number of halogens is 2. The molecule has 3 rings (SSSR count). The molecule has 0 bridgehead atoms. The number of nitrogens with one attached hydrogen (secondary N) is 1. The number of anilines is 1. The highest BCUT2D eigenvalue weighted by Crippen LogP contribution is 2.41. The zero-order valence-corrected chi connectivity index (χ0v) is 14.4. The van der Waals surface area contributed by atoms with Crippen LogP contribution in [0.1, 0.15) is 29.2 Å². The Morgan fingerprint density at radius 3 is 2.86 bits per heavy atom. The minimum absolute atomic E-state index is 0.305. The first kappa shape index (κ1) is 14.7. The summed E-state index contributed by atoms with van der Waals surface area (Å²) in [6, 6.07) is 10.7. The normalized spacial score (nSPS) is 16.7. The molecule has 21 heavy (non-hydrogen) atoms. The highest BCUT2D eigenvalue weighted by molar-refractivity contribution is 9.10. The van der Waals surface area contributed by atoms with Gasteiger partial charge < -0.3 is 10.1 Å². The lowest BCUT2D eigenvalue weighted by Crippen LogP contribution is -2.08. The van der Waals surface area contributed by atoms with Crippen LogP contribution >= 0.6 is 27.5 Å². The van der Waals surface area contributed by atoms with Crippen LogP contribution in [0.3, 0.4) is 0 Å². The standard InChI is InChI=1S/C17H17BrClNO/c1-10-3-4-11-5-6-15(13(11)7-10)20-16-9-12(19)8-14(18)17(16)21-2/h3-4,7-9,15,20H,5-6H2,1-2H3. The van der Waals surface area contributed by atoms with E-state index < -0.39 is 0 Å². The van der Waals surface area contributed by atoms with Crippen LogP contribution in [-0.2, 0) is 6.42 Å². The number of ether oxygens (including phenoxy) is 1. The molecule has 0 saturated heterocycles. The van der Waals surface area contributed by atoms with Crippen LogP contribution in [-0.4, -0.2) is 7.11 Å². The molecule has 0 fully saturated rings. The van der Waals surface area contributed by atoms with Gasteiger partial charge in [-0.1, -0.05) is 35.4 Å². The largest absolute Gasteiger partial charge is 0.493 e. The molecule has 0 aromatic heterocycles. The molecule has 2 aromatic rings. The third-order valence-corrected chi connectivity index (χ3v) is 4.73. The summed E-state index contributed by atoms with van der Waals surface area (Å²) >= 11 is 9.67. The maximum absolute atomic E-state index is 6.16. The molecule has 2 nitrogen and oxygen atoms in total. The lowest BCUT2D eigenvalue weighted by molar-refractivity contribution is 0.413. The lowest BCUT2D eigenvalue weighted by atomic mass is 10.0. The fourth-order valence-corrected chi connectivity index (χ4v) is 3.91. The summed E-state index contributed by atoms with van der Waals surface area (Å²) in [5, 5.41) is 4.27. The average molecular weight is 367 g/mol. The van der Waals surface area contributed by atoms with Gasteiger partial charge in [-0.15, -0.1) is 0 Å². The topological polar surface area (TPSA) is 21.3 Å². The van der Waals surface area contributed by atoms with Gasteiger partial charge in [-0.2, -0.15) is 0 Å². The second-order valence-corrected chi connectivity index (χ2v) is 6.70. The molecule has 1 atom stereocenters. The van der Waals surface area contributed by atoms with Crippen molar-refractivity contribution in [2.45, 2.75) is 25.8 Å². The Hall–Kier alpha value is -1.19. The summed E-state index contributed by atoms with van der Waals surface area (Å²) < 4.78 is 6.35. The molecule has 0 amide bonds. The number of methoxy groups -OCH3 is 1. The van der Waals surface area contributed by atoms with E-state index in [4.69, 9.17) is 16.3 Å². The molecule has 110 valence electrons. The summed E-state index contributed by atoms with van der Waals surface area (Å²) in [4.78, 5) is 0. The minimum atomic E-state index is 0.305. The van der Waals surface area contributed by atoms with Crippen molar-refractivity contribution < 1.29 is 4.74 Å². The maximum Gasteiger partial charge on any atom is 0.156 e. The Morgan fingerprint density at radius 1 is 1.29 bits per heavy atom. The first-order valence-corrected chi connectivity index (χ1v) is 8.14. The molecule has 0 radical (unpaired) electrons. The number of hydrogen-bond donors (Lipinski definition) is 1. The van der Waals surface area contributed by atoms with Gasteiger partial charge >= 0.3 is 0 Å². The van der Waals surface area contributed by atoms with E-state index in [-0.39, 0.29) is 0 Å². The summed E-state index contributed by atoms with van der Waals surface area (Å²) in [6.45, 7) is 2.13. The SMILES string of the molecule is COc1c(Br)cc(Cl)cc1NC1CCc2ccc(C)cc21. The predicted molar refractivity (Wildman–Crippen MR) is 91.6 cm³/mol. The maximum atomic E-state index is 6.16. The van der Waals surface area contributed by atoms with E-state index in [9.17, 15) is 0 Å². The fraction of sp³-hybridized carbons (Fsp3) is 0.294. The zero-order valence-electron chi connectivity index (χ0n) is 12.0. The van der Waals surface area contributed by atoms with Crippen molar-refractivity contribution in [1.82, 2.24) is 0 Å². The molecule has 4 heteroatoms. The van der Waals surface area contributed by atoms with E-state index in [1.165, 1.54) is 16.7 Å². The van der Waals surface area contributed by atoms with E-state index in [2.05, 4.69) is 46.4 Å². The monoisotopic (exact) mass is 365 g/mol. The number of aryl methyl sites for hydroxylation is 2. The second-order valence-electron chi connectivity index (χ2n) is 5.41. The Balaban J connectivity index is 1.94.